The molecule has 0 fully saturated rings. The van der Waals surface area contributed by atoms with Gasteiger partial charge in [0.25, 0.3) is 0 Å². The van der Waals surface area contributed by atoms with Crippen LogP contribution in [0.25, 0.3) is 0 Å². The Hall–Kier alpha value is -4.43. The van der Waals surface area contributed by atoms with Crippen LogP contribution in [0.1, 0.15) is 32.7 Å². The lowest BCUT2D eigenvalue weighted by atomic mass is 10.0. The highest BCUT2D eigenvalue weighted by molar-refractivity contribution is 5.92. The summed E-state index contributed by atoms with van der Waals surface area (Å²) < 4.78 is 88.8. The fourth-order valence-corrected chi connectivity index (χ4v) is 3.13. The number of aromatic nitrogens is 2. The summed E-state index contributed by atoms with van der Waals surface area (Å²) >= 11 is 0. The van der Waals surface area contributed by atoms with Gasteiger partial charge in [0.05, 0.1) is 25.3 Å². The van der Waals surface area contributed by atoms with Crippen LogP contribution in [-0.4, -0.2) is 46.4 Å². The van der Waals surface area contributed by atoms with E-state index < -0.39 is 48.0 Å². The van der Waals surface area contributed by atoms with Gasteiger partial charge in [-0.2, -0.15) is 31.4 Å². The van der Waals surface area contributed by atoms with Crippen molar-refractivity contribution in [2.24, 2.45) is 0 Å². The summed E-state index contributed by atoms with van der Waals surface area (Å²) in [5, 5.41) is 16.1. The van der Waals surface area contributed by atoms with Crippen LogP contribution in [0.3, 0.4) is 0 Å². The number of halogens is 7. The van der Waals surface area contributed by atoms with E-state index in [1.54, 1.807) is 18.2 Å². The Balaban J connectivity index is 0.000000673. The van der Waals surface area contributed by atoms with Crippen LogP contribution in [0.2, 0.25) is 0 Å². The second kappa shape index (κ2) is 12.9. The number of aromatic amines is 1. The molecule has 3 rings (SSSR count). The molecular weight excluding hydrogens is 543 g/mol. The van der Waals surface area contributed by atoms with Crippen molar-refractivity contribution >= 4 is 23.5 Å². The van der Waals surface area contributed by atoms with Crippen LogP contribution in [0, 0.1) is 5.82 Å². The fraction of sp³-hybridized carbons (Fsp3) is 0.250. The number of alkyl halides is 6. The number of ether oxygens (including phenoxy) is 1. The number of esters is 1. The third-order valence-corrected chi connectivity index (χ3v) is 4.97. The summed E-state index contributed by atoms with van der Waals surface area (Å²) in [5.41, 5.74) is 0.828. The third kappa shape index (κ3) is 9.43. The molecule has 8 nitrogen and oxygen atoms in total. The average Bonchev–Trinajstić information content (AvgIpc) is 3.31. The first-order valence-electron chi connectivity index (χ1n) is 10.8. The molecule has 0 aliphatic heterocycles. The molecule has 0 spiro atoms. The number of carboxylic acid groups (broad SMARTS) is 1. The van der Waals surface area contributed by atoms with Gasteiger partial charge >= 0.3 is 24.3 Å². The lowest BCUT2D eigenvalue weighted by Gasteiger charge is -2.11. The first kappa shape index (κ1) is 30.8. The Morgan fingerprint density at radius 1 is 1.00 bits per heavy atom. The maximum Gasteiger partial charge on any atom is 0.490 e. The van der Waals surface area contributed by atoms with Crippen LogP contribution in [0.4, 0.5) is 36.4 Å². The van der Waals surface area contributed by atoms with Crippen LogP contribution in [0.5, 0.6) is 0 Å². The normalized spacial score (nSPS) is 11.3. The minimum atomic E-state index is -5.08. The number of amides is 1. The number of rotatable bonds is 7. The Kier molecular flexibility index (Phi) is 10.2. The van der Waals surface area contributed by atoms with Crippen LogP contribution >= 0.6 is 0 Å². The van der Waals surface area contributed by atoms with E-state index in [0.29, 0.717) is 42.3 Å². The number of methoxy groups -OCH3 is 1. The molecule has 1 aromatic heterocycles. The molecule has 0 unspecified atom stereocenters. The third-order valence-electron chi connectivity index (χ3n) is 4.97. The highest BCUT2D eigenvalue weighted by atomic mass is 19.4. The number of hydrogen-bond donors (Lipinski definition) is 3. The maximum absolute atomic E-state index is 13.9. The van der Waals surface area contributed by atoms with Gasteiger partial charge in [-0.1, -0.05) is 12.1 Å². The zero-order chi connectivity index (χ0) is 29.4. The molecule has 2 aromatic carbocycles. The summed E-state index contributed by atoms with van der Waals surface area (Å²) in [4.78, 5) is 32.9. The van der Waals surface area contributed by atoms with Gasteiger partial charge in [0.15, 0.2) is 0 Å². The standard InChI is InChI=1S/C22H19F4N3O3.C2HF3O2/c1-32-21(31)20-14(12-27-29-20)6-5-13-3-2-4-17(9-13)28-19(30)11-15-10-16(22(24,25)26)7-8-18(15)23;3-2(4,5)1(6)7/h2-4,7-10,12H,5-6,11H2,1H3,(H,27,29)(H,28,30);(H,6,7). The van der Waals surface area contributed by atoms with Crippen molar-refractivity contribution in [3.8, 4) is 0 Å². The van der Waals surface area contributed by atoms with Crippen molar-refractivity contribution in [2.75, 3.05) is 12.4 Å². The Bertz CT molecular complexity index is 1320. The van der Waals surface area contributed by atoms with E-state index in [-0.39, 0.29) is 11.3 Å². The lowest BCUT2D eigenvalue weighted by molar-refractivity contribution is -0.192. The molecule has 1 heterocycles. The van der Waals surface area contributed by atoms with Crippen molar-refractivity contribution in [2.45, 2.75) is 31.6 Å². The van der Waals surface area contributed by atoms with Crippen LogP contribution < -0.4 is 5.32 Å². The van der Waals surface area contributed by atoms with E-state index in [9.17, 15) is 40.3 Å². The number of hydrogen-bond acceptors (Lipinski definition) is 5. The summed E-state index contributed by atoms with van der Waals surface area (Å²) in [6.07, 6.45) is -7.72. The van der Waals surface area contributed by atoms with Crippen LogP contribution in [0.15, 0.2) is 48.7 Å². The van der Waals surface area contributed by atoms with E-state index >= 15 is 0 Å². The molecule has 3 aromatic rings. The monoisotopic (exact) mass is 563 g/mol. The molecule has 0 atom stereocenters. The average molecular weight is 563 g/mol. The van der Waals surface area contributed by atoms with Gasteiger partial charge in [-0.05, 0) is 54.3 Å². The molecule has 1 amide bonds. The highest BCUT2D eigenvalue weighted by Gasteiger charge is 2.38. The molecule has 3 N–H and O–H groups in total. The smallest absolute Gasteiger partial charge is 0.475 e. The van der Waals surface area contributed by atoms with Gasteiger partial charge < -0.3 is 15.2 Å². The van der Waals surface area contributed by atoms with Gasteiger partial charge in [-0.15, -0.1) is 0 Å². The van der Waals surface area contributed by atoms with E-state index in [4.69, 9.17) is 9.90 Å². The van der Waals surface area contributed by atoms with E-state index in [0.717, 1.165) is 5.56 Å². The maximum atomic E-state index is 13.9. The van der Waals surface area contributed by atoms with E-state index in [2.05, 4.69) is 20.3 Å². The number of nitrogens with zero attached hydrogens (tertiary/aromatic N) is 1. The fourth-order valence-electron chi connectivity index (χ4n) is 3.13. The number of H-pyrrole nitrogens is 1. The van der Waals surface area contributed by atoms with Gasteiger partial charge in [-0.25, -0.2) is 14.0 Å². The topological polar surface area (TPSA) is 121 Å². The van der Waals surface area contributed by atoms with Crippen LogP contribution in [-0.2, 0) is 39.8 Å². The Morgan fingerprint density at radius 3 is 2.26 bits per heavy atom. The zero-order valence-electron chi connectivity index (χ0n) is 19.9. The molecule has 39 heavy (non-hydrogen) atoms. The summed E-state index contributed by atoms with van der Waals surface area (Å²) in [6.45, 7) is 0. The number of carboxylic acids is 1. The Labute approximate surface area is 215 Å². The molecule has 0 radical (unpaired) electrons. The minimum Gasteiger partial charge on any atom is -0.475 e. The van der Waals surface area contributed by atoms with E-state index in [1.807, 2.05) is 6.07 Å². The molecule has 0 saturated heterocycles. The second-order valence-corrected chi connectivity index (χ2v) is 7.79. The molecular formula is C24H20F7N3O5. The Morgan fingerprint density at radius 2 is 1.67 bits per heavy atom. The quantitative estimate of drug-likeness (QED) is 0.276. The summed E-state index contributed by atoms with van der Waals surface area (Å²) in [5.74, 6) is -4.82. The number of carbonyl (C=O) groups is 3. The van der Waals surface area contributed by atoms with E-state index in [1.165, 1.54) is 13.3 Å². The molecule has 0 bridgehead atoms. The molecule has 0 aliphatic rings. The van der Waals surface area contributed by atoms with Crippen molar-refractivity contribution < 1.29 is 55.0 Å². The second-order valence-electron chi connectivity index (χ2n) is 7.79. The van der Waals surface area contributed by atoms with Gasteiger partial charge in [0.2, 0.25) is 5.91 Å². The van der Waals surface area contributed by atoms with Crippen molar-refractivity contribution in [1.29, 1.82) is 0 Å². The van der Waals surface area contributed by atoms with Gasteiger partial charge in [0.1, 0.15) is 11.5 Å². The molecule has 0 aliphatic carbocycles. The SMILES string of the molecule is COC(=O)c1[nH]ncc1CCc1cccc(NC(=O)Cc2cc(C(F)(F)F)ccc2F)c1.O=C(O)C(F)(F)F. The zero-order valence-corrected chi connectivity index (χ0v) is 19.9. The first-order chi connectivity index (χ1) is 18.1. The van der Waals surface area contributed by atoms with Crippen molar-refractivity contribution in [1.82, 2.24) is 10.2 Å². The highest BCUT2D eigenvalue weighted by Crippen LogP contribution is 2.30. The number of aliphatic carboxylic acids is 1. The molecule has 210 valence electrons. The lowest BCUT2D eigenvalue weighted by Crippen LogP contribution is -2.21. The van der Waals surface area contributed by atoms with Gasteiger partial charge in [0, 0.05) is 11.3 Å². The number of nitrogens with one attached hydrogen (secondary N) is 2. The summed E-state index contributed by atoms with van der Waals surface area (Å²) in [7, 11) is 1.27. The largest absolute Gasteiger partial charge is 0.490 e. The molecule has 15 heteroatoms. The number of carbonyl (C=O) groups excluding carboxylic acids is 2. The number of aryl methyl sites for hydroxylation is 2. The number of benzene rings is 2. The van der Waals surface area contributed by atoms with Crippen molar-refractivity contribution in [3.63, 3.8) is 0 Å². The molecule has 0 saturated carbocycles. The summed E-state index contributed by atoms with van der Waals surface area (Å²) in [6, 6.07) is 8.79. The first-order valence-corrected chi connectivity index (χ1v) is 10.8. The predicted molar refractivity (Wildman–Crippen MR) is 121 cm³/mol. The van der Waals surface area contributed by atoms with Crippen molar-refractivity contribution in [3.05, 3.63) is 82.4 Å². The number of anilines is 1. The minimum absolute atomic E-state index is 0.264. The predicted octanol–water partition coefficient (Wildman–Crippen LogP) is 4.95. The van der Waals surface area contributed by atoms with Gasteiger partial charge in [-0.3, -0.25) is 9.89 Å².